The number of carbonyl (C=O) groups excluding carboxylic acids is 2. The standard InChI is InChI=1S/C22H29N3O2S/c1-15-24-18(14-28-15)17-9-7-16(8-10-17)11-12-23-20(26)19-6-5-13-25(19)21(27)22(2,3)4/h7-10,14,19H,5-6,11-13H2,1-4H3,(H,23,26). The molecule has 1 aliphatic heterocycles. The summed E-state index contributed by atoms with van der Waals surface area (Å²) in [6.07, 6.45) is 2.40. The molecule has 1 fully saturated rings. The summed E-state index contributed by atoms with van der Waals surface area (Å²) in [6, 6.07) is 7.99. The van der Waals surface area contributed by atoms with Crippen LogP contribution >= 0.6 is 11.3 Å². The summed E-state index contributed by atoms with van der Waals surface area (Å²) < 4.78 is 0. The van der Waals surface area contributed by atoms with Gasteiger partial charge in [0.1, 0.15) is 6.04 Å². The van der Waals surface area contributed by atoms with Crippen molar-refractivity contribution >= 4 is 23.2 Å². The fourth-order valence-electron chi connectivity index (χ4n) is 3.50. The highest BCUT2D eigenvalue weighted by molar-refractivity contribution is 7.09. The van der Waals surface area contributed by atoms with E-state index < -0.39 is 5.41 Å². The molecule has 1 N–H and O–H groups in total. The van der Waals surface area contributed by atoms with Crippen LogP contribution in [-0.2, 0) is 16.0 Å². The number of nitrogens with zero attached hydrogens (tertiary/aromatic N) is 2. The van der Waals surface area contributed by atoms with Gasteiger partial charge in [0.15, 0.2) is 0 Å². The minimum atomic E-state index is -0.458. The van der Waals surface area contributed by atoms with Crippen LogP contribution in [0, 0.1) is 12.3 Å². The summed E-state index contributed by atoms with van der Waals surface area (Å²) in [5.41, 5.74) is 2.83. The molecule has 1 atom stereocenters. The minimum Gasteiger partial charge on any atom is -0.354 e. The van der Waals surface area contributed by atoms with E-state index in [4.69, 9.17) is 0 Å². The maximum absolute atomic E-state index is 12.6. The first-order valence-corrected chi connectivity index (χ1v) is 10.7. The zero-order chi connectivity index (χ0) is 20.3. The van der Waals surface area contributed by atoms with Gasteiger partial charge in [-0.3, -0.25) is 9.59 Å². The van der Waals surface area contributed by atoms with Gasteiger partial charge in [-0.2, -0.15) is 0 Å². The van der Waals surface area contributed by atoms with Gasteiger partial charge < -0.3 is 10.2 Å². The van der Waals surface area contributed by atoms with Gasteiger partial charge in [0.05, 0.1) is 10.7 Å². The largest absolute Gasteiger partial charge is 0.354 e. The fourth-order valence-corrected chi connectivity index (χ4v) is 4.12. The van der Waals surface area contributed by atoms with Crippen molar-refractivity contribution in [2.45, 2.75) is 53.0 Å². The monoisotopic (exact) mass is 399 g/mol. The Labute approximate surface area is 171 Å². The van der Waals surface area contributed by atoms with Crippen LogP contribution in [0.2, 0.25) is 0 Å². The second-order valence-corrected chi connectivity index (χ2v) is 9.46. The third-order valence-corrected chi connectivity index (χ3v) is 5.81. The molecule has 1 aliphatic rings. The Bertz CT molecular complexity index is 836. The van der Waals surface area contributed by atoms with Gasteiger partial charge in [-0.1, -0.05) is 45.0 Å². The van der Waals surface area contributed by atoms with E-state index in [2.05, 4.69) is 39.9 Å². The Balaban J connectivity index is 1.52. The van der Waals surface area contributed by atoms with Gasteiger partial charge in [-0.05, 0) is 31.7 Å². The summed E-state index contributed by atoms with van der Waals surface area (Å²) in [5.74, 6) is 0.0164. The van der Waals surface area contributed by atoms with Crippen LogP contribution < -0.4 is 5.32 Å². The van der Waals surface area contributed by atoms with Gasteiger partial charge >= 0.3 is 0 Å². The van der Waals surface area contributed by atoms with E-state index >= 15 is 0 Å². The van der Waals surface area contributed by atoms with Crippen LogP contribution in [0.25, 0.3) is 11.3 Å². The molecule has 1 saturated heterocycles. The lowest BCUT2D eigenvalue weighted by atomic mass is 9.94. The van der Waals surface area contributed by atoms with Crippen molar-refractivity contribution in [3.63, 3.8) is 0 Å². The Hall–Kier alpha value is -2.21. The molecule has 2 aromatic rings. The lowest BCUT2D eigenvalue weighted by Crippen LogP contribution is -2.49. The Morgan fingerprint density at radius 1 is 1.25 bits per heavy atom. The average molecular weight is 400 g/mol. The Kier molecular flexibility index (Phi) is 6.18. The molecule has 0 spiro atoms. The van der Waals surface area contributed by atoms with Gasteiger partial charge in [-0.25, -0.2) is 4.98 Å². The first kappa shape index (κ1) is 20.5. The Morgan fingerprint density at radius 2 is 1.96 bits per heavy atom. The van der Waals surface area contributed by atoms with Crippen LogP contribution in [0.4, 0.5) is 0 Å². The summed E-state index contributed by atoms with van der Waals surface area (Å²) >= 11 is 1.65. The second-order valence-electron chi connectivity index (χ2n) is 8.40. The van der Waals surface area contributed by atoms with E-state index in [0.29, 0.717) is 13.1 Å². The highest BCUT2D eigenvalue weighted by Crippen LogP contribution is 2.25. The van der Waals surface area contributed by atoms with Gasteiger partial charge in [0.2, 0.25) is 11.8 Å². The number of aromatic nitrogens is 1. The smallest absolute Gasteiger partial charge is 0.242 e. The topological polar surface area (TPSA) is 62.3 Å². The van der Waals surface area contributed by atoms with Crippen molar-refractivity contribution in [2.75, 3.05) is 13.1 Å². The molecule has 2 amide bonds. The Morgan fingerprint density at radius 3 is 2.57 bits per heavy atom. The number of amides is 2. The molecule has 3 rings (SSSR count). The van der Waals surface area contributed by atoms with Crippen molar-refractivity contribution in [1.82, 2.24) is 15.2 Å². The molecule has 1 aromatic carbocycles. The summed E-state index contributed by atoms with van der Waals surface area (Å²) in [7, 11) is 0. The highest BCUT2D eigenvalue weighted by Gasteiger charge is 2.38. The molecule has 0 saturated carbocycles. The minimum absolute atomic E-state index is 0.0373. The van der Waals surface area contributed by atoms with Crippen LogP contribution in [0.15, 0.2) is 29.6 Å². The van der Waals surface area contributed by atoms with E-state index in [0.717, 1.165) is 35.5 Å². The molecule has 0 bridgehead atoms. The van der Waals surface area contributed by atoms with Crippen molar-refractivity contribution in [3.05, 3.63) is 40.2 Å². The van der Waals surface area contributed by atoms with Crippen LogP contribution in [0.1, 0.15) is 44.2 Å². The van der Waals surface area contributed by atoms with Gasteiger partial charge in [-0.15, -0.1) is 11.3 Å². The summed E-state index contributed by atoms with van der Waals surface area (Å²) in [4.78, 5) is 31.4. The number of hydrogen-bond acceptors (Lipinski definition) is 4. The first-order valence-electron chi connectivity index (χ1n) is 9.86. The second kappa shape index (κ2) is 8.43. The van der Waals surface area contributed by atoms with Crippen LogP contribution in [0.3, 0.4) is 0 Å². The van der Waals surface area contributed by atoms with Crippen molar-refractivity contribution < 1.29 is 9.59 Å². The average Bonchev–Trinajstić information content (AvgIpc) is 3.30. The van der Waals surface area contributed by atoms with Crippen LogP contribution in [0.5, 0.6) is 0 Å². The number of hydrogen-bond donors (Lipinski definition) is 1. The summed E-state index contributed by atoms with van der Waals surface area (Å²) in [5, 5.41) is 6.14. The van der Waals surface area contributed by atoms with E-state index in [1.165, 1.54) is 5.56 Å². The molecule has 1 unspecified atom stereocenters. The fraction of sp³-hybridized carbons (Fsp3) is 0.500. The molecule has 150 valence electrons. The predicted octanol–water partition coefficient (Wildman–Crippen LogP) is 3.81. The third-order valence-electron chi connectivity index (χ3n) is 5.04. The third kappa shape index (κ3) is 4.79. The van der Waals surface area contributed by atoms with Gasteiger partial charge in [0, 0.05) is 29.4 Å². The highest BCUT2D eigenvalue weighted by atomic mass is 32.1. The number of benzene rings is 1. The zero-order valence-electron chi connectivity index (χ0n) is 17.1. The first-order chi connectivity index (χ1) is 13.3. The molecule has 1 aromatic heterocycles. The van der Waals surface area contributed by atoms with E-state index in [9.17, 15) is 9.59 Å². The quantitative estimate of drug-likeness (QED) is 0.831. The predicted molar refractivity (Wildman–Crippen MR) is 113 cm³/mol. The lowest BCUT2D eigenvalue weighted by molar-refractivity contribution is -0.144. The number of carbonyl (C=O) groups is 2. The SMILES string of the molecule is Cc1nc(-c2ccc(CCNC(=O)C3CCCN3C(=O)C(C)(C)C)cc2)cs1. The molecule has 6 heteroatoms. The molecule has 0 radical (unpaired) electrons. The molecular weight excluding hydrogens is 370 g/mol. The van der Waals surface area contributed by atoms with Crippen molar-refractivity contribution in [3.8, 4) is 11.3 Å². The summed E-state index contributed by atoms with van der Waals surface area (Å²) in [6.45, 7) is 8.96. The van der Waals surface area contributed by atoms with Crippen molar-refractivity contribution in [2.24, 2.45) is 5.41 Å². The number of thiazole rings is 1. The molecular formula is C22H29N3O2S. The van der Waals surface area contributed by atoms with E-state index in [-0.39, 0.29) is 17.9 Å². The molecule has 5 nitrogen and oxygen atoms in total. The van der Waals surface area contributed by atoms with Gasteiger partial charge in [0.25, 0.3) is 0 Å². The number of likely N-dealkylation sites (tertiary alicyclic amines) is 1. The molecule has 2 heterocycles. The number of rotatable bonds is 5. The maximum Gasteiger partial charge on any atom is 0.242 e. The van der Waals surface area contributed by atoms with Crippen LogP contribution in [-0.4, -0.2) is 40.8 Å². The lowest BCUT2D eigenvalue weighted by Gasteiger charge is -2.30. The number of nitrogens with one attached hydrogen (secondary N) is 1. The molecule has 28 heavy (non-hydrogen) atoms. The van der Waals surface area contributed by atoms with E-state index in [1.54, 1.807) is 16.2 Å². The maximum atomic E-state index is 12.6. The normalized spacial score (nSPS) is 17.0. The van der Waals surface area contributed by atoms with Crippen molar-refractivity contribution in [1.29, 1.82) is 0 Å². The van der Waals surface area contributed by atoms with E-state index in [1.807, 2.05) is 27.7 Å². The zero-order valence-corrected chi connectivity index (χ0v) is 17.9. The number of aryl methyl sites for hydroxylation is 1. The molecule has 0 aliphatic carbocycles.